The number of aromatic nitrogens is 2. The van der Waals surface area contributed by atoms with Crippen LogP contribution < -0.4 is 5.73 Å². The average molecular weight is 269 g/mol. The summed E-state index contributed by atoms with van der Waals surface area (Å²) < 4.78 is 0. The molecule has 1 atom stereocenters. The number of aromatic carboxylic acids is 1. The van der Waals surface area contributed by atoms with Crippen LogP contribution in [0.15, 0.2) is 5.03 Å². The molecule has 0 saturated carbocycles. The Morgan fingerprint density at radius 1 is 1.44 bits per heavy atom. The second kappa shape index (κ2) is 5.81. The van der Waals surface area contributed by atoms with Crippen molar-refractivity contribution in [1.82, 2.24) is 9.97 Å². The number of primary amides is 1. The van der Waals surface area contributed by atoms with E-state index in [1.165, 1.54) is 0 Å². The number of aryl methyl sites for hydroxylation is 2. The van der Waals surface area contributed by atoms with Crippen molar-refractivity contribution in [2.75, 3.05) is 0 Å². The summed E-state index contributed by atoms with van der Waals surface area (Å²) in [4.78, 5) is 30.5. The minimum atomic E-state index is -1.10. The van der Waals surface area contributed by atoms with E-state index in [9.17, 15) is 9.59 Å². The molecule has 18 heavy (non-hydrogen) atoms. The maximum Gasteiger partial charge on any atom is 0.340 e. The second-order valence-electron chi connectivity index (χ2n) is 3.73. The Kier molecular flexibility index (Phi) is 4.66. The summed E-state index contributed by atoms with van der Waals surface area (Å²) >= 11 is 1.04. The first kappa shape index (κ1) is 14.4. The summed E-state index contributed by atoms with van der Waals surface area (Å²) in [6, 6.07) is 0. The molecule has 1 amide bonds. The lowest BCUT2D eigenvalue weighted by Crippen LogP contribution is -2.23. The molecule has 3 N–H and O–H groups in total. The first-order valence-electron chi connectivity index (χ1n) is 5.43. The van der Waals surface area contributed by atoms with E-state index in [0.717, 1.165) is 11.8 Å². The third-order valence-electron chi connectivity index (χ3n) is 2.32. The van der Waals surface area contributed by atoms with Gasteiger partial charge in [0.25, 0.3) is 0 Å². The smallest absolute Gasteiger partial charge is 0.340 e. The lowest BCUT2D eigenvalue weighted by atomic mass is 10.2. The standard InChI is InChI=1S/C11H15N3O3S/c1-4-7-13-5(2)8(11(16)17)10(14-7)18-6(3)9(12)15/h6H,4H2,1-3H3,(H2,12,15)(H,16,17). The van der Waals surface area contributed by atoms with E-state index in [4.69, 9.17) is 10.8 Å². The summed E-state index contributed by atoms with van der Waals surface area (Å²) in [6.07, 6.45) is 0.596. The molecule has 1 aromatic heterocycles. The number of carbonyl (C=O) groups is 2. The molecule has 1 unspecified atom stereocenters. The number of nitrogens with two attached hydrogens (primary N) is 1. The van der Waals surface area contributed by atoms with Gasteiger partial charge in [0, 0.05) is 6.42 Å². The van der Waals surface area contributed by atoms with E-state index in [0.29, 0.717) is 17.9 Å². The average Bonchev–Trinajstić information content (AvgIpc) is 2.27. The Balaban J connectivity index is 3.25. The first-order valence-corrected chi connectivity index (χ1v) is 6.31. The third-order valence-corrected chi connectivity index (χ3v) is 3.43. The molecule has 7 heteroatoms. The number of carboxylic acids is 1. The molecule has 0 fully saturated rings. The maximum absolute atomic E-state index is 11.2. The zero-order chi connectivity index (χ0) is 13.9. The number of hydrogen-bond acceptors (Lipinski definition) is 5. The van der Waals surface area contributed by atoms with E-state index in [2.05, 4.69) is 9.97 Å². The van der Waals surface area contributed by atoms with Gasteiger partial charge in [0.2, 0.25) is 5.91 Å². The van der Waals surface area contributed by atoms with Crippen molar-refractivity contribution >= 4 is 23.6 Å². The van der Waals surface area contributed by atoms with E-state index < -0.39 is 17.1 Å². The topological polar surface area (TPSA) is 106 Å². The van der Waals surface area contributed by atoms with Crippen LogP contribution in [0.25, 0.3) is 0 Å². The summed E-state index contributed by atoms with van der Waals surface area (Å²) in [7, 11) is 0. The van der Waals surface area contributed by atoms with Crippen LogP contribution >= 0.6 is 11.8 Å². The van der Waals surface area contributed by atoms with Gasteiger partial charge < -0.3 is 10.8 Å². The molecule has 1 rings (SSSR count). The largest absolute Gasteiger partial charge is 0.478 e. The summed E-state index contributed by atoms with van der Waals surface area (Å²) in [6.45, 7) is 5.10. The molecule has 1 aromatic rings. The SMILES string of the molecule is CCc1nc(C)c(C(=O)O)c(SC(C)C(N)=O)n1. The molecule has 0 spiro atoms. The molecule has 0 bridgehead atoms. The fourth-order valence-electron chi connectivity index (χ4n) is 1.32. The summed E-state index contributed by atoms with van der Waals surface area (Å²) in [5, 5.41) is 8.90. The van der Waals surface area contributed by atoms with Crippen LogP contribution in [0.2, 0.25) is 0 Å². The van der Waals surface area contributed by atoms with E-state index in [-0.39, 0.29) is 10.6 Å². The minimum Gasteiger partial charge on any atom is -0.478 e. The van der Waals surface area contributed by atoms with E-state index in [1.54, 1.807) is 13.8 Å². The van der Waals surface area contributed by atoms with Crippen LogP contribution in [-0.2, 0) is 11.2 Å². The van der Waals surface area contributed by atoms with Crippen molar-refractivity contribution in [3.05, 3.63) is 17.1 Å². The quantitative estimate of drug-likeness (QED) is 0.610. The van der Waals surface area contributed by atoms with Crippen LogP contribution in [0.1, 0.15) is 35.7 Å². The van der Waals surface area contributed by atoms with Gasteiger partial charge in [-0.1, -0.05) is 18.7 Å². The van der Waals surface area contributed by atoms with Crippen LogP contribution in [0.3, 0.4) is 0 Å². The monoisotopic (exact) mass is 269 g/mol. The second-order valence-corrected chi connectivity index (χ2v) is 5.06. The van der Waals surface area contributed by atoms with Crippen LogP contribution in [0.4, 0.5) is 0 Å². The predicted molar refractivity (Wildman–Crippen MR) is 67.6 cm³/mol. The maximum atomic E-state index is 11.2. The summed E-state index contributed by atoms with van der Waals surface area (Å²) in [5.41, 5.74) is 5.60. The van der Waals surface area contributed by atoms with Crippen molar-refractivity contribution in [3.8, 4) is 0 Å². The number of carbonyl (C=O) groups excluding carboxylic acids is 1. The summed E-state index contributed by atoms with van der Waals surface area (Å²) in [5.74, 6) is -1.06. The fraction of sp³-hybridized carbons (Fsp3) is 0.455. The van der Waals surface area contributed by atoms with Gasteiger partial charge in [-0.05, 0) is 13.8 Å². The van der Waals surface area contributed by atoms with Crippen molar-refractivity contribution in [3.63, 3.8) is 0 Å². The number of carboxylic acid groups (broad SMARTS) is 1. The molecule has 0 aromatic carbocycles. The van der Waals surface area contributed by atoms with E-state index >= 15 is 0 Å². The molecule has 0 aliphatic rings. The van der Waals surface area contributed by atoms with E-state index in [1.807, 2.05) is 6.92 Å². The van der Waals surface area contributed by atoms with Gasteiger partial charge in [-0.25, -0.2) is 14.8 Å². The van der Waals surface area contributed by atoms with Crippen molar-refractivity contribution in [2.45, 2.75) is 37.5 Å². The van der Waals surface area contributed by atoms with Crippen molar-refractivity contribution < 1.29 is 14.7 Å². The highest BCUT2D eigenvalue weighted by atomic mass is 32.2. The Hall–Kier alpha value is -1.63. The molecule has 0 saturated heterocycles. The van der Waals surface area contributed by atoms with Crippen LogP contribution in [0, 0.1) is 6.92 Å². The number of nitrogens with zero attached hydrogens (tertiary/aromatic N) is 2. The number of hydrogen-bond donors (Lipinski definition) is 2. The minimum absolute atomic E-state index is 0.0327. The lowest BCUT2D eigenvalue weighted by molar-refractivity contribution is -0.117. The van der Waals surface area contributed by atoms with Gasteiger partial charge in [0.1, 0.15) is 16.4 Å². The molecule has 98 valence electrons. The zero-order valence-electron chi connectivity index (χ0n) is 10.4. The van der Waals surface area contributed by atoms with Crippen LogP contribution in [-0.4, -0.2) is 32.2 Å². The number of rotatable bonds is 5. The highest BCUT2D eigenvalue weighted by molar-refractivity contribution is 8.00. The van der Waals surface area contributed by atoms with Gasteiger partial charge >= 0.3 is 5.97 Å². The van der Waals surface area contributed by atoms with Gasteiger partial charge in [0.15, 0.2) is 0 Å². The molecule has 0 radical (unpaired) electrons. The van der Waals surface area contributed by atoms with Gasteiger partial charge in [0.05, 0.1) is 10.9 Å². The Bertz CT molecular complexity index is 491. The van der Waals surface area contributed by atoms with Gasteiger partial charge in [-0.2, -0.15) is 0 Å². The third kappa shape index (κ3) is 3.19. The van der Waals surface area contributed by atoms with Crippen LogP contribution in [0.5, 0.6) is 0 Å². The Morgan fingerprint density at radius 3 is 2.50 bits per heavy atom. The normalized spacial score (nSPS) is 12.2. The van der Waals surface area contributed by atoms with Crippen molar-refractivity contribution in [2.24, 2.45) is 5.73 Å². The van der Waals surface area contributed by atoms with Gasteiger partial charge in [-0.15, -0.1) is 0 Å². The molecular weight excluding hydrogens is 254 g/mol. The van der Waals surface area contributed by atoms with Gasteiger partial charge in [-0.3, -0.25) is 4.79 Å². The molecule has 6 nitrogen and oxygen atoms in total. The molecule has 0 aliphatic carbocycles. The highest BCUT2D eigenvalue weighted by Gasteiger charge is 2.21. The number of amides is 1. The predicted octanol–water partition coefficient (Wildman–Crippen LogP) is 1.01. The fourth-order valence-corrected chi connectivity index (χ4v) is 2.28. The van der Waals surface area contributed by atoms with Crippen molar-refractivity contribution in [1.29, 1.82) is 0 Å². The Labute approximate surface area is 109 Å². The first-order chi connectivity index (χ1) is 8.36. The molecule has 1 heterocycles. The Morgan fingerprint density at radius 2 is 2.06 bits per heavy atom. The zero-order valence-corrected chi connectivity index (χ0v) is 11.2. The number of thioether (sulfide) groups is 1. The molecular formula is C11H15N3O3S. The molecule has 0 aliphatic heterocycles. The lowest BCUT2D eigenvalue weighted by Gasteiger charge is -2.11. The highest BCUT2D eigenvalue weighted by Crippen LogP contribution is 2.26.